The highest BCUT2D eigenvalue weighted by Crippen LogP contribution is 2.38. The minimum atomic E-state index is -0.00478. The van der Waals surface area contributed by atoms with Gasteiger partial charge in [0.2, 0.25) is 5.91 Å². The Balaban J connectivity index is 1.56. The lowest BCUT2D eigenvalue weighted by Crippen LogP contribution is -2.43. The van der Waals surface area contributed by atoms with Crippen molar-refractivity contribution in [1.29, 1.82) is 0 Å². The first-order valence-electron chi connectivity index (χ1n) is 9.74. The number of nitrogens with zero attached hydrogens (tertiary/aromatic N) is 4. The van der Waals surface area contributed by atoms with Crippen LogP contribution in [0, 0.1) is 0 Å². The molecule has 1 amide bonds. The van der Waals surface area contributed by atoms with Crippen LogP contribution in [0.5, 0.6) is 0 Å². The third-order valence-corrected chi connectivity index (χ3v) is 6.54. The van der Waals surface area contributed by atoms with Crippen molar-refractivity contribution in [3.63, 3.8) is 0 Å². The SMILES string of the molecule is Cn1nnc2c1CCC(N(Cc1ccc3c(c1)CCC3(C)C)C(=O)CCl)C2. The quantitative estimate of drug-likeness (QED) is 0.758. The molecule has 0 fully saturated rings. The molecule has 0 saturated carbocycles. The molecule has 4 rings (SSSR count). The standard InChI is InChI=1S/C21H27ClN4O/c1-21(2)9-8-15-10-14(4-6-17(15)21)13-26(20(27)12-22)16-5-7-19-18(11-16)23-24-25(19)3/h4,6,10,16H,5,7-9,11-13H2,1-3H3. The van der Waals surface area contributed by atoms with Gasteiger partial charge in [0, 0.05) is 26.1 Å². The summed E-state index contributed by atoms with van der Waals surface area (Å²) >= 11 is 5.94. The van der Waals surface area contributed by atoms with Crippen molar-refractivity contribution in [3.05, 3.63) is 46.3 Å². The molecule has 1 unspecified atom stereocenters. The molecule has 0 aliphatic heterocycles. The minimum Gasteiger partial charge on any atom is -0.334 e. The van der Waals surface area contributed by atoms with Crippen molar-refractivity contribution >= 4 is 17.5 Å². The van der Waals surface area contributed by atoms with Gasteiger partial charge in [-0.15, -0.1) is 16.7 Å². The molecule has 0 saturated heterocycles. The smallest absolute Gasteiger partial charge is 0.238 e. The van der Waals surface area contributed by atoms with Crippen molar-refractivity contribution in [2.24, 2.45) is 7.05 Å². The summed E-state index contributed by atoms with van der Waals surface area (Å²) in [7, 11) is 1.93. The molecular weight excluding hydrogens is 360 g/mol. The lowest BCUT2D eigenvalue weighted by molar-refractivity contribution is -0.131. The van der Waals surface area contributed by atoms with Gasteiger partial charge >= 0.3 is 0 Å². The molecular formula is C21H27ClN4O. The molecule has 0 bridgehead atoms. The third-order valence-electron chi connectivity index (χ3n) is 6.31. The minimum absolute atomic E-state index is 0.00478. The van der Waals surface area contributed by atoms with Crippen LogP contribution in [-0.2, 0) is 43.1 Å². The van der Waals surface area contributed by atoms with Crippen molar-refractivity contribution < 1.29 is 4.79 Å². The zero-order chi connectivity index (χ0) is 19.2. The van der Waals surface area contributed by atoms with E-state index in [-0.39, 0.29) is 23.2 Å². The van der Waals surface area contributed by atoms with Crippen LogP contribution >= 0.6 is 11.6 Å². The number of rotatable bonds is 4. The van der Waals surface area contributed by atoms with E-state index in [9.17, 15) is 4.79 Å². The molecule has 0 N–H and O–H groups in total. The molecule has 0 radical (unpaired) electrons. The van der Waals surface area contributed by atoms with Gasteiger partial charge in [0.15, 0.2) is 0 Å². The Bertz CT molecular complexity index is 873. The van der Waals surface area contributed by atoms with E-state index >= 15 is 0 Å². The van der Waals surface area contributed by atoms with E-state index in [4.69, 9.17) is 11.6 Å². The van der Waals surface area contributed by atoms with Crippen molar-refractivity contribution in [3.8, 4) is 0 Å². The van der Waals surface area contributed by atoms with Crippen LogP contribution in [0.3, 0.4) is 0 Å². The number of hydrogen-bond acceptors (Lipinski definition) is 3. The Morgan fingerprint density at radius 2 is 2.19 bits per heavy atom. The van der Waals surface area contributed by atoms with E-state index in [0.29, 0.717) is 6.54 Å². The number of carbonyl (C=O) groups is 1. The molecule has 144 valence electrons. The van der Waals surface area contributed by atoms with Crippen LogP contribution in [0.25, 0.3) is 0 Å². The highest BCUT2D eigenvalue weighted by atomic mass is 35.5. The fourth-order valence-electron chi connectivity index (χ4n) is 4.67. The van der Waals surface area contributed by atoms with Gasteiger partial charge in [0.25, 0.3) is 0 Å². The van der Waals surface area contributed by atoms with Gasteiger partial charge in [-0.05, 0) is 47.8 Å². The second kappa shape index (κ2) is 6.93. The summed E-state index contributed by atoms with van der Waals surface area (Å²) in [5.41, 5.74) is 6.51. The number of benzene rings is 1. The van der Waals surface area contributed by atoms with E-state index in [1.807, 2.05) is 16.6 Å². The second-order valence-corrected chi connectivity index (χ2v) is 8.80. The number of aromatic nitrogens is 3. The van der Waals surface area contributed by atoms with E-state index in [0.717, 1.165) is 31.4 Å². The second-order valence-electron chi connectivity index (χ2n) is 8.53. The van der Waals surface area contributed by atoms with Crippen LogP contribution < -0.4 is 0 Å². The average Bonchev–Trinajstić information content (AvgIpc) is 3.18. The Morgan fingerprint density at radius 3 is 2.96 bits per heavy atom. The van der Waals surface area contributed by atoms with Gasteiger partial charge in [-0.1, -0.05) is 37.3 Å². The lowest BCUT2D eigenvalue weighted by atomic mass is 9.86. The molecule has 27 heavy (non-hydrogen) atoms. The first kappa shape index (κ1) is 18.5. The van der Waals surface area contributed by atoms with E-state index < -0.39 is 0 Å². The normalized spacial score (nSPS) is 20.2. The maximum atomic E-state index is 12.6. The first-order chi connectivity index (χ1) is 12.9. The van der Waals surface area contributed by atoms with Crippen LogP contribution in [-0.4, -0.2) is 37.7 Å². The zero-order valence-corrected chi connectivity index (χ0v) is 17.1. The van der Waals surface area contributed by atoms with E-state index in [1.54, 1.807) is 0 Å². The van der Waals surface area contributed by atoms with Crippen molar-refractivity contribution in [2.45, 2.75) is 64.0 Å². The molecule has 0 spiro atoms. The fraction of sp³-hybridized carbons (Fsp3) is 0.571. The number of hydrogen-bond donors (Lipinski definition) is 0. The number of alkyl halides is 1. The first-order valence-corrected chi connectivity index (χ1v) is 10.3. The van der Waals surface area contributed by atoms with Gasteiger partial charge < -0.3 is 4.90 Å². The van der Waals surface area contributed by atoms with Crippen molar-refractivity contribution in [2.75, 3.05) is 5.88 Å². The van der Waals surface area contributed by atoms with Crippen molar-refractivity contribution in [1.82, 2.24) is 19.9 Å². The monoisotopic (exact) mass is 386 g/mol. The Morgan fingerprint density at radius 1 is 1.37 bits per heavy atom. The molecule has 2 aromatic rings. The maximum Gasteiger partial charge on any atom is 0.238 e. The zero-order valence-electron chi connectivity index (χ0n) is 16.3. The Kier molecular flexibility index (Phi) is 4.75. The largest absolute Gasteiger partial charge is 0.334 e. The Hall–Kier alpha value is -1.88. The van der Waals surface area contributed by atoms with E-state index in [1.165, 1.54) is 28.8 Å². The molecule has 1 atom stereocenters. The lowest BCUT2D eigenvalue weighted by Gasteiger charge is -2.34. The average molecular weight is 387 g/mol. The number of aryl methyl sites for hydroxylation is 2. The molecule has 5 nitrogen and oxygen atoms in total. The summed E-state index contributed by atoms with van der Waals surface area (Å²) in [4.78, 5) is 14.6. The summed E-state index contributed by atoms with van der Waals surface area (Å²) in [6.45, 7) is 5.23. The molecule has 1 heterocycles. The summed E-state index contributed by atoms with van der Waals surface area (Å²) in [6.07, 6.45) is 4.88. The topological polar surface area (TPSA) is 51.0 Å². The Labute approximate surface area is 165 Å². The van der Waals surface area contributed by atoms with Gasteiger partial charge in [-0.2, -0.15) is 0 Å². The fourth-order valence-corrected chi connectivity index (χ4v) is 4.82. The van der Waals surface area contributed by atoms with Crippen LogP contribution in [0.15, 0.2) is 18.2 Å². The molecule has 1 aromatic heterocycles. The number of fused-ring (bicyclic) bond motifs is 2. The predicted molar refractivity (Wildman–Crippen MR) is 106 cm³/mol. The number of amides is 1. The number of carbonyl (C=O) groups excluding carboxylic acids is 1. The highest BCUT2D eigenvalue weighted by molar-refractivity contribution is 6.27. The highest BCUT2D eigenvalue weighted by Gasteiger charge is 2.32. The maximum absolute atomic E-state index is 12.6. The summed E-state index contributed by atoms with van der Waals surface area (Å²) in [5, 5.41) is 8.42. The molecule has 1 aromatic carbocycles. The van der Waals surface area contributed by atoms with Gasteiger partial charge in [-0.25, -0.2) is 0 Å². The summed E-state index contributed by atoms with van der Waals surface area (Å²) < 4.78 is 1.85. The van der Waals surface area contributed by atoms with Gasteiger partial charge in [0.1, 0.15) is 5.88 Å². The molecule has 2 aliphatic carbocycles. The molecule has 2 aliphatic rings. The predicted octanol–water partition coefficient (Wildman–Crippen LogP) is 3.16. The third kappa shape index (κ3) is 3.38. The summed E-state index contributed by atoms with van der Waals surface area (Å²) in [5.74, 6) is 0.0109. The van der Waals surface area contributed by atoms with Crippen LogP contribution in [0.2, 0.25) is 0 Å². The number of halogens is 1. The van der Waals surface area contributed by atoms with Gasteiger partial charge in [-0.3, -0.25) is 9.48 Å². The summed E-state index contributed by atoms with van der Waals surface area (Å²) in [6, 6.07) is 6.85. The van der Waals surface area contributed by atoms with Gasteiger partial charge in [0.05, 0.1) is 11.4 Å². The van der Waals surface area contributed by atoms with Crippen LogP contribution in [0.1, 0.15) is 54.8 Å². The van der Waals surface area contributed by atoms with E-state index in [2.05, 4.69) is 42.4 Å². The van der Waals surface area contributed by atoms with Crippen LogP contribution in [0.4, 0.5) is 0 Å². The molecule has 6 heteroatoms.